The van der Waals surface area contributed by atoms with Gasteiger partial charge in [0.05, 0.1) is 0 Å². The van der Waals surface area contributed by atoms with Gasteiger partial charge in [-0.15, -0.1) is 0 Å². The van der Waals surface area contributed by atoms with Crippen LogP contribution in [-0.4, -0.2) is 0 Å². The van der Waals surface area contributed by atoms with Crippen LogP contribution in [0, 0.1) is 0 Å². The summed E-state index contributed by atoms with van der Waals surface area (Å²) in [6, 6.07) is 11.3. The zero-order valence-corrected chi connectivity index (χ0v) is 13.8. The lowest BCUT2D eigenvalue weighted by Gasteiger charge is -2.42. The minimum atomic E-state index is 0.286. The van der Waals surface area contributed by atoms with Crippen LogP contribution >= 0.6 is 15.9 Å². The van der Waals surface area contributed by atoms with Crippen LogP contribution in [0.3, 0.4) is 0 Å². The minimum absolute atomic E-state index is 0.286. The Bertz CT molecular complexity index is 650. The largest absolute Gasteiger partial charge is 0.0605 e. The van der Waals surface area contributed by atoms with E-state index in [1.165, 1.54) is 39.2 Å². The van der Waals surface area contributed by atoms with E-state index in [9.17, 15) is 0 Å². The van der Waals surface area contributed by atoms with E-state index in [4.69, 9.17) is 0 Å². The number of rotatable bonds is 0. The van der Waals surface area contributed by atoms with Crippen molar-refractivity contribution < 1.29 is 0 Å². The Labute approximate surface area is 124 Å². The average molecular weight is 317 g/mol. The van der Waals surface area contributed by atoms with Gasteiger partial charge in [0, 0.05) is 4.47 Å². The molecule has 0 heterocycles. The van der Waals surface area contributed by atoms with E-state index in [0.717, 1.165) is 0 Å². The Hall–Kier alpha value is -0.820. The van der Waals surface area contributed by atoms with Crippen molar-refractivity contribution in [3.63, 3.8) is 0 Å². The predicted octanol–water partition coefficient (Wildman–Crippen LogP) is 5.95. The van der Waals surface area contributed by atoms with Crippen molar-refractivity contribution >= 4 is 26.7 Å². The van der Waals surface area contributed by atoms with E-state index < -0.39 is 0 Å². The van der Waals surface area contributed by atoms with Crippen molar-refractivity contribution in [1.29, 1.82) is 0 Å². The molecular weight excluding hydrogens is 296 g/mol. The van der Waals surface area contributed by atoms with Crippen LogP contribution in [0.5, 0.6) is 0 Å². The highest BCUT2D eigenvalue weighted by molar-refractivity contribution is 9.10. The summed E-state index contributed by atoms with van der Waals surface area (Å²) in [4.78, 5) is 0. The third-order valence-corrected chi connectivity index (χ3v) is 5.49. The van der Waals surface area contributed by atoms with Crippen molar-refractivity contribution in [2.24, 2.45) is 0 Å². The molecule has 1 aliphatic carbocycles. The molecule has 0 aliphatic heterocycles. The Balaban J connectivity index is 2.39. The van der Waals surface area contributed by atoms with Crippen LogP contribution in [0.4, 0.5) is 0 Å². The van der Waals surface area contributed by atoms with E-state index in [2.05, 4.69) is 74.0 Å². The molecule has 0 N–H and O–H groups in total. The molecule has 0 saturated heterocycles. The minimum Gasteiger partial charge on any atom is -0.0605 e. The first kappa shape index (κ1) is 13.2. The summed E-state index contributed by atoms with van der Waals surface area (Å²) < 4.78 is 1.20. The van der Waals surface area contributed by atoms with Gasteiger partial charge >= 0.3 is 0 Å². The number of fused-ring (bicyclic) bond motifs is 2. The van der Waals surface area contributed by atoms with Crippen LogP contribution in [0.15, 0.2) is 34.8 Å². The van der Waals surface area contributed by atoms with E-state index in [1.807, 2.05) is 0 Å². The lowest BCUT2D eigenvalue weighted by atomic mass is 9.63. The maximum atomic E-state index is 3.69. The first-order valence-electron chi connectivity index (χ1n) is 7.04. The normalized spacial score (nSPS) is 20.3. The summed E-state index contributed by atoms with van der Waals surface area (Å²) in [6.45, 7) is 9.52. The van der Waals surface area contributed by atoms with Crippen molar-refractivity contribution in [1.82, 2.24) is 0 Å². The molecule has 100 valence electrons. The third-order valence-electron chi connectivity index (χ3n) is 4.80. The molecule has 19 heavy (non-hydrogen) atoms. The first-order chi connectivity index (χ1) is 8.81. The molecule has 0 nitrogen and oxygen atoms in total. The topological polar surface area (TPSA) is 0 Å². The summed E-state index contributed by atoms with van der Waals surface area (Å²) >= 11 is 3.69. The van der Waals surface area contributed by atoms with Gasteiger partial charge in [-0.2, -0.15) is 0 Å². The van der Waals surface area contributed by atoms with Gasteiger partial charge in [0.2, 0.25) is 0 Å². The van der Waals surface area contributed by atoms with Crippen LogP contribution in [0.2, 0.25) is 0 Å². The monoisotopic (exact) mass is 316 g/mol. The Morgan fingerprint density at radius 2 is 1.47 bits per heavy atom. The molecular formula is C18H21Br. The summed E-state index contributed by atoms with van der Waals surface area (Å²) in [6.07, 6.45) is 2.54. The molecule has 0 fully saturated rings. The predicted molar refractivity (Wildman–Crippen MR) is 86.9 cm³/mol. The van der Waals surface area contributed by atoms with Crippen molar-refractivity contribution in [3.8, 4) is 0 Å². The second kappa shape index (κ2) is 4.09. The molecule has 1 heteroatoms. The van der Waals surface area contributed by atoms with Gasteiger partial charge in [0.1, 0.15) is 0 Å². The Morgan fingerprint density at radius 3 is 2.11 bits per heavy atom. The lowest BCUT2D eigenvalue weighted by Crippen LogP contribution is -2.33. The molecule has 0 spiro atoms. The van der Waals surface area contributed by atoms with Gasteiger partial charge in [0.25, 0.3) is 0 Å². The molecule has 0 atom stereocenters. The first-order valence-corrected chi connectivity index (χ1v) is 7.84. The average Bonchev–Trinajstić information content (AvgIpc) is 2.35. The third kappa shape index (κ3) is 2.03. The fourth-order valence-corrected chi connectivity index (χ4v) is 3.80. The zero-order valence-electron chi connectivity index (χ0n) is 12.2. The van der Waals surface area contributed by atoms with Gasteiger partial charge in [-0.1, -0.05) is 61.8 Å². The van der Waals surface area contributed by atoms with Gasteiger partial charge in [-0.3, -0.25) is 0 Å². The molecule has 0 radical (unpaired) electrons. The van der Waals surface area contributed by atoms with Crippen molar-refractivity contribution in [2.45, 2.75) is 51.4 Å². The Kier molecular flexibility index (Phi) is 2.83. The summed E-state index contributed by atoms with van der Waals surface area (Å²) in [7, 11) is 0. The maximum absolute atomic E-state index is 3.69. The lowest BCUT2D eigenvalue weighted by molar-refractivity contribution is 0.332. The molecule has 3 rings (SSSR count). The van der Waals surface area contributed by atoms with Crippen LogP contribution in [0.25, 0.3) is 10.8 Å². The van der Waals surface area contributed by atoms with Crippen LogP contribution in [-0.2, 0) is 10.8 Å². The zero-order chi connectivity index (χ0) is 13.8. The standard InChI is InChI=1S/C18H21Br/c1-17(2)8-9-18(3,4)15-11-13-12(10-14(15)17)6-5-7-16(13)19/h5-7,10-11H,8-9H2,1-4H3. The highest BCUT2D eigenvalue weighted by atomic mass is 79.9. The number of benzene rings is 2. The molecule has 2 aromatic rings. The van der Waals surface area contributed by atoms with Gasteiger partial charge in [-0.25, -0.2) is 0 Å². The van der Waals surface area contributed by atoms with Gasteiger partial charge in [-0.05, 0) is 57.7 Å². The molecule has 1 aliphatic rings. The Morgan fingerprint density at radius 1 is 0.895 bits per heavy atom. The molecule has 0 amide bonds. The fourth-order valence-electron chi connectivity index (χ4n) is 3.30. The number of halogens is 1. The van der Waals surface area contributed by atoms with E-state index in [0.29, 0.717) is 5.41 Å². The maximum Gasteiger partial charge on any atom is 0.0253 e. The summed E-state index contributed by atoms with van der Waals surface area (Å²) in [5.74, 6) is 0. The molecule has 0 bridgehead atoms. The summed E-state index contributed by atoms with van der Waals surface area (Å²) in [5.41, 5.74) is 3.65. The van der Waals surface area contributed by atoms with E-state index in [1.54, 1.807) is 0 Å². The number of hydrogen-bond donors (Lipinski definition) is 0. The smallest absolute Gasteiger partial charge is 0.0253 e. The molecule has 2 aromatic carbocycles. The van der Waals surface area contributed by atoms with Crippen molar-refractivity contribution in [2.75, 3.05) is 0 Å². The van der Waals surface area contributed by atoms with Crippen molar-refractivity contribution in [3.05, 3.63) is 45.9 Å². The molecule has 0 unspecified atom stereocenters. The highest BCUT2D eigenvalue weighted by Gasteiger charge is 2.37. The van der Waals surface area contributed by atoms with E-state index >= 15 is 0 Å². The fraction of sp³-hybridized carbons (Fsp3) is 0.444. The summed E-state index contributed by atoms with van der Waals surface area (Å²) in [5, 5.41) is 2.69. The van der Waals surface area contributed by atoms with Crippen LogP contribution < -0.4 is 0 Å². The van der Waals surface area contributed by atoms with E-state index in [-0.39, 0.29) is 5.41 Å². The molecule has 0 saturated carbocycles. The second-order valence-corrected chi connectivity index (χ2v) is 7.98. The van der Waals surface area contributed by atoms with Crippen LogP contribution in [0.1, 0.15) is 51.7 Å². The second-order valence-electron chi connectivity index (χ2n) is 7.13. The van der Waals surface area contributed by atoms with Gasteiger partial charge < -0.3 is 0 Å². The van der Waals surface area contributed by atoms with Gasteiger partial charge in [0.15, 0.2) is 0 Å². The SMILES string of the molecule is CC1(C)CCC(C)(C)c2cc3c(Br)cccc3cc21. The highest BCUT2D eigenvalue weighted by Crippen LogP contribution is 2.47. The quantitative estimate of drug-likeness (QED) is 0.563. The number of hydrogen-bond acceptors (Lipinski definition) is 0. The molecule has 0 aromatic heterocycles.